The summed E-state index contributed by atoms with van der Waals surface area (Å²) in [7, 11) is 1.69. The largest absolute Gasteiger partial charge is 0.357 e. The van der Waals surface area contributed by atoms with Gasteiger partial charge in [-0.3, -0.25) is 9.69 Å². The van der Waals surface area contributed by atoms with Crippen molar-refractivity contribution in [2.45, 2.75) is 0 Å². The topological polar surface area (TPSA) is 83.0 Å². The van der Waals surface area contributed by atoms with E-state index in [9.17, 15) is 4.79 Å². The third-order valence-electron chi connectivity index (χ3n) is 2.83. The number of carbonyl (C=O) groups excluding carboxylic acids is 1. The summed E-state index contributed by atoms with van der Waals surface area (Å²) in [6.07, 6.45) is 0. The second-order valence-corrected chi connectivity index (χ2v) is 4.47. The van der Waals surface area contributed by atoms with Crippen molar-refractivity contribution >= 4 is 40.8 Å². The first-order chi connectivity index (χ1) is 9.67. The molecule has 3 rings (SSSR count). The minimum absolute atomic E-state index is 0.0720. The molecule has 1 amide bonds. The SMILES string of the molecule is CNc1nc(Cl)nc(N2CC(=O)Nc3ccccc32)n1. The van der Waals surface area contributed by atoms with Gasteiger partial charge in [0.2, 0.25) is 23.1 Å². The van der Waals surface area contributed by atoms with Gasteiger partial charge >= 0.3 is 0 Å². The Morgan fingerprint density at radius 3 is 2.90 bits per heavy atom. The second kappa shape index (κ2) is 4.93. The van der Waals surface area contributed by atoms with E-state index in [4.69, 9.17) is 11.6 Å². The number of hydrogen-bond donors (Lipinski definition) is 2. The van der Waals surface area contributed by atoms with Crippen molar-refractivity contribution in [3.63, 3.8) is 0 Å². The highest BCUT2D eigenvalue weighted by Gasteiger charge is 2.25. The summed E-state index contributed by atoms with van der Waals surface area (Å²) >= 11 is 5.88. The van der Waals surface area contributed by atoms with Crippen molar-refractivity contribution < 1.29 is 4.79 Å². The molecule has 1 aromatic carbocycles. The van der Waals surface area contributed by atoms with Crippen LogP contribution in [0.1, 0.15) is 0 Å². The molecule has 1 aliphatic rings. The van der Waals surface area contributed by atoms with E-state index in [1.807, 2.05) is 24.3 Å². The summed E-state index contributed by atoms with van der Waals surface area (Å²) in [4.78, 5) is 25.7. The van der Waals surface area contributed by atoms with Gasteiger partial charge in [0.25, 0.3) is 0 Å². The number of halogens is 1. The van der Waals surface area contributed by atoms with E-state index in [0.717, 1.165) is 5.69 Å². The van der Waals surface area contributed by atoms with Crippen LogP contribution < -0.4 is 15.5 Å². The van der Waals surface area contributed by atoms with Crippen LogP contribution in [0.4, 0.5) is 23.3 Å². The number of amides is 1. The smallest absolute Gasteiger partial charge is 0.244 e. The first-order valence-corrected chi connectivity index (χ1v) is 6.31. The molecule has 2 heterocycles. The van der Waals surface area contributed by atoms with Gasteiger partial charge in [-0.25, -0.2) is 0 Å². The third-order valence-corrected chi connectivity index (χ3v) is 3.00. The van der Waals surface area contributed by atoms with Crippen LogP contribution >= 0.6 is 11.6 Å². The molecule has 0 fully saturated rings. The Balaban J connectivity index is 2.10. The van der Waals surface area contributed by atoms with Crippen molar-refractivity contribution in [2.24, 2.45) is 0 Å². The Kier molecular flexibility index (Phi) is 3.11. The highest BCUT2D eigenvalue weighted by atomic mass is 35.5. The van der Waals surface area contributed by atoms with Gasteiger partial charge in [0, 0.05) is 7.05 Å². The maximum atomic E-state index is 11.8. The van der Waals surface area contributed by atoms with E-state index in [-0.39, 0.29) is 17.7 Å². The maximum Gasteiger partial charge on any atom is 0.244 e. The quantitative estimate of drug-likeness (QED) is 0.875. The zero-order valence-electron chi connectivity index (χ0n) is 10.6. The first-order valence-electron chi connectivity index (χ1n) is 5.93. The number of aromatic nitrogens is 3. The summed E-state index contributed by atoms with van der Waals surface area (Å²) in [5.74, 6) is 0.548. The Bertz CT molecular complexity index is 677. The van der Waals surface area contributed by atoms with Gasteiger partial charge in [0.05, 0.1) is 11.4 Å². The molecule has 0 aliphatic carbocycles. The highest BCUT2D eigenvalue weighted by molar-refractivity contribution is 6.28. The van der Waals surface area contributed by atoms with E-state index < -0.39 is 0 Å². The molecule has 0 saturated carbocycles. The van der Waals surface area contributed by atoms with Gasteiger partial charge in [-0.1, -0.05) is 12.1 Å². The van der Waals surface area contributed by atoms with Gasteiger partial charge in [0.15, 0.2) is 0 Å². The zero-order chi connectivity index (χ0) is 14.1. The zero-order valence-corrected chi connectivity index (χ0v) is 11.3. The fraction of sp³-hybridized carbons (Fsp3) is 0.167. The lowest BCUT2D eigenvalue weighted by atomic mass is 10.2. The molecule has 0 saturated heterocycles. The molecule has 1 aromatic heterocycles. The Morgan fingerprint density at radius 2 is 2.10 bits per heavy atom. The first kappa shape index (κ1) is 12.6. The Hall–Kier alpha value is -2.41. The highest BCUT2D eigenvalue weighted by Crippen LogP contribution is 2.33. The minimum atomic E-state index is -0.133. The number of carbonyl (C=O) groups is 1. The van der Waals surface area contributed by atoms with Gasteiger partial charge < -0.3 is 10.6 Å². The third kappa shape index (κ3) is 2.23. The summed E-state index contributed by atoms with van der Waals surface area (Å²) < 4.78 is 0. The summed E-state index contributed by atoms with van der Waals surface area (Å²) in [5.41, 5.74) is 1.53. The predicted molar refractivity (Wildman–Crippen MR) is 76.5 cm³/mol. The Labute approximate surface area is 120 Å². The molecule has 0 unspecified atom stereocenters. The van der Waals surface area contributed by atoms with E-state index in [1.54, 1.807) is 11.9 Å². The van der Waals surface area contributed by atoms with Crippen LogP contribution in [0.2, 0.25) is 5.28 Å². The van der Waals surface area contributed by atoms with Crippen LogP contribution in [-0.2, 0) is 4.79 Å². The van der Waals surface area contributed by atoms with Crippen molar-refractivity contribution in [3.05, 3.63) is 29.5 Å². The average molecular weight is 291 g/mol. The van der Waals surface area contributed by atoms with Crippen molar-refractivity contribution in [1.29, 1.82) is 0 Å². The normalized spacial score (nSPS) is 13.7. The molecular weight excluding hydrogens is 280 g/mol. The number of fused-ring (bicyclic) bond motifs is 1. The number of nitrogens with one attached hydrogen (secondary N) is 2. The van der Waals surface area contributed by atoms with E-state index >= 15 is 0 Å². The van der Waals surface area contributed by atoms with E-state index in [1.165, 1.54) is 0 Å². The number of hydrogen-bond acceptors (Lipinski definition) is 6. The van der Waals surface area contributed by atoms with Gasteiger partial charge in [0.1, 0.15) is 6.54 Å². The van der Waals surface area contributed by atoms with Crippen molar-refractivity contribution in [1.82, 2.24) is 15.0 Å². The fourth-order valence-corrected chi connectivity index (χ4v) is 2.14. The summed E-state index contributed by atoms with van der Waals surface area (Å²) in [6.45, 7) is 0.126. The molecule has 0 bridgehead atoms. The monoisotopic (exact) mass is 290 g/mol. The van der Waals surface area contributed by atoms with Crippen LogP contribution in [0.3, 0.4) is 0 Å². The lowest BCUT2D eigenvalue weighted by molar-refractivity contribution is -0.115. The van der Waals surface area contributed by atoms with Crippen molar-refractivity contribution in [3.8, 4) is 0 Å². The maximum absolute atomic E-state index is 11.8. The Morgan fingerprint density at radius 1 is 1.30 bits per heavy atom. The lowest BCUT2D eigenvalue weighted by Gasteiger charge is -2.29. The lowest BCUT2D eigenvalue weighted by Crippen LogP contribution is -2.36. The van der Waals surface area contributed by atoms with Crippen LogP contribution in [0, 0.1) is 0 Å². The second-order valence-electron chi connectivity index (χ2n) is 4.13. The van der Waals surface area contributed by atoms with Crippen LogP contribution in [-0.4, -0.2) is 34.5 Å². The number of anilines is 4. The number of para-hydroxylation sites is 2. The predicted octanol–water partition coefficient (Wildman–Crippen LogP) is 1.66. The molecule has 102 valence electrons. The molecule has 0 spiro atoms. The molecule has 2 aromatic rings. The summed E-state index contributed by atoms with van der Waals surface area (Å²) in [5, 5.41) is 5.68. The minimum Gasteiger partial charge on any atom is -0.357 e. The van der Waals surface area contributed by atoms with Gasteiger partial charge in [-0.05, 0) is 23.7 Å². The molecule has 0 atom stereocenters. The fourth-order valence-electron chi connectivity index (χ4n) is 1.98. The molecule has 7 nitrogen and oxygen atoms in total. The average Bonchev–Trinajstić information content (AvgIpc) is 2.45. The number of benzene rings is 1. The molecule has 8 heteroatoms. The van der Waals surface area contributed by atoms with Gasteiger partial charge in [-0.15, -0.1) is 0 Å². The van der Waals surface area contributed by atoms with Crippen LogP contribution in [0.15, 0.2) is 24.3 Å². The van der Waals surface area contributed by atoms with Crippen molar-refractivity contribution in [2.75, 3.05) is 29.1 Å². The standard InChI is InChI=1S/C12H11ClN6O/c1-14-11-16-10(13)17-12(18-11)19-6-9(20)15-7-4-2-3-5-8(7)19/h2-5H,6H2,1H3,(H,15,20)(H,14,16,17,18). The molecule has 20 heavy (non-hydrogen) atoms. The van der Waals surface area contributed by atoms with Crippen LogP contribution in [0.25, 0.3) is 0 Å². The van der Waals surface area contributed by atoms with Gasteiger partial charge in [-0.2, -0.15) is 15.0 Å². The molecule has 2 N–H and O–H groups in total. The summed E-state index contributed by atoms with van der Waals surface area (Å²) in [6, 6.07) is 7.43. The molecule has 1 aliphatic heterocycles. The van der Waals surface area contributed by atoms with E-state index in [2.05, 4.69) is 25.6 Å². The van der Waals surface area contributed by atoms with Crippen LogP contribution in [0.5, 0.6) is 0 Å². The number of rotatable bonds is 2. The molecule has 0 radical (unpaired) electrons. The molecular formula is C12H11ClN6O. The number of nitrogens with zero attached hydrogens (tertiary/aromatic N) is 4. The van der Waals surface area contributed by atoms with E-state index in [0.29, 0.717) is 17.6 Å².